The molecule has 1 amide bonds. The molecule has 552 valence electrons. The molecule has 2 fully saturated rings. The molecule has 0 radical (unpaired) electrons. The molecular formula is C80H149NO13. The second-order valence-electron chi connectivity index (χ2n) is 28.2. The van der Waals surface area contributed by atoms with E-state index in [0.717, 1.165) is 51.4 Å². The standard InChI is InChI=1S/C80H149NO13/c1-3-5-7-9-11-13-15-17-19-21-23-24-25-26-27-28-29-30-31-32-33-34-35-36-37-38-39-40-41-42-43-44-46-48-50-52-54-56-58-60-62-64-72(85)81-68(69(84)63-61-59-57-55-53-51-49-47-45-22-20-18-16-14-12-10-8-6-4-2)67-91-79-77(90)75(88)78(71(66-83)93-79)94-80-76(89)74(87)73(86)70(65-82)92-80/h15,17,21,23,25-26,61,63,68-71,73-80,82-84,86-90H,3-14,16,18-20,22,24,27-60,62,64-67H2,1-2H3,(H,81,85)/b17-15-,23-21-,26-25-,63-61+. The lowest BCUT2D eigenvalue weighted by Gasteiger charge is -2.46. The number of nitrogens with one attached hydrogen (secondary N) is 1. The summed E-state index contributed by atoms with van der Waals surface area (Å²) in [5.74, 6) is -0.232. The maximum absolute atomic E-state index is 13.4. The van der Waals surface area contributed by atoms with Gasteiger partial charge in [0.15, 0.2) is 12.6 Å². The van der Waals surface area contributed by atoms with E-state index in [2.05, 4.69) is 55.6 Å². The van der Waals surface area contributed by atoms with Crippen LogP contribution in [0.15, 0.2) is 48.6 Å². The summed E-state index contributed by atoms with van der Waals surface area (Å²) in [6.45, 7) is 2.84. The van der Waals surface area contributed by atoms with E-state index in [4.69, 9.17) is 18.9 Å². The molecule has 0 saturated carbocycles. The van der Waals surface area contributed by atoms with Crippen LogP contribution in [0.1, 0.15) is 361 Å². The molecular weight excluding hydrogens is 1180 g/mol. The van der Waals surface area contributed by atoms with E-state index in [-0.39, 0.29) is 18.9 Å². The van der Waals surface area contributed by atoms with Crippen molar-refractivity contribution in [3.8, 4) is 0 Å². The van der Waals surface area contributed by atoms with Crippen LogP contribution in [0.5, 0.6) is 0 Å². The number of hydrogen-bond donors (Lipinski definition) is 9. The van der Waals surface area contributed by atoms with Gasteiger partial charge in [-0.25, -0.2) is 0 Å². The normalized spacial score (nSPS) is 22.7. The number of unbranched alkanes of at least 4 members (excludes halogenated alkanes) is 48. The minimum absolute atomic E-state index is 0.232. The van der Waals surface area contributed by atoms with Gasteiger partial charge < -0.3 is 65.1 Å². The van der Waals surface area contributed by atoms with E-state index in [1.54, 1.807) is 6.08 Å². The van der Waals surface area contributed by atoms with Crippen LogP contribution in [0.25, 0.3) is 0 Å². The summed E-state index contributed by atoms with van der Waals surface area (Å²) >= 11 is 0. The average molecular weight is 1330 g/mol. The number of amides is 1. The number of hydrogen-bond acceptors (Lipinski definition) is 13. The third-order valence-electron chi connectivity index (χ3n) is 19.5. The fraction of sp³-hybridized carbons (Fsp3) is 0.887. The molecule has 0 aliphatic carbocycles. The molecule has 12 atom stereocenters. The number of carbonyl (C=O) groups excluding carboxylic acids is 1. The van der Waals surface area contributed by atoms with E-state index in [0.29, 0.717) is 6.42 Å². The Morgan fingerprint density at radius 3 is 1.07 bits per heavy atom. The summed E-state index contributed by atoms with van der Waals surface area (Å²) in [7, 11) is 0. The Bertz CT molecular complexity index is 1760. The molecule has 0 bridgehead atoms. The molecule has 0 aromatic heterocycles. The zero-order chi connectivity index (χ0) is 68.0. The predicted molar refractivity (Wildman–Crippen MR) is 388 cm³/mol. The van der Waals surface area contributed by atoms with Crippen LogP contribution in [0.2, 0.25) is 0 Å². The first-order valence-electron chi connectivity index (χ1n) is 39.9. The molecule has 14 nitrogen and oxygen atoms in total. The van der Waals surface area contributed by atoms with Gasteiger partial charge in [0.1, 0.15) is 48.8 Å². The van der Waals surface area contributed by atoms with Crippen molar-refractivity contribution >= 4 is 5.91 Å². The highest BCUT2D eigenvalue weighted by Gasteiger charge is 2.51. The fourth-order valence-corrected chi connectivity index (χ4v) is 13.2. The van der Waals surface area contributed by atoms with Gasteiger partial charge in [-0.05, 0) is 57.8 Å². The van der Waals surface area contributed by atoms with Crippen LogP contribution in [0.3, 0.4) is 0 Å². The second kappa shape index (κ2) is 64.3. The van der Waals surface area contributed by atoms with Gasteiger partial charge in [0.2, 0.25) is 5.91 Å². The van der Waals surface area contributed by atoms with Crippen LogP contribution in [0, 0.1) is 0 Å². The molecule has 0 aromatic rings. The quantitative estimate of drug-likeness (QED) is 0.0204. The molecule has 12 unspecified atom stereocenters. The van der Waals surface area contributed by atoms with Crippen molar-refractivity contribution < 1.29 is 64.6 Å². The number of aliphatic hydroxyl groups excluding tert-OH is 8. The highest BCUT2D eigenvalue weighted by Crippen LogP contribution is 2.30. The van der Waals surface area contributed by atoms with Crippen molar-refractivity contribution in [2.24, 2.45) is 0 Å². The summed E-state index contributed by atoms with van der Waals surface area (Å²) < 4.78 is 22.9. The maximum Gasteiger partial charge on any atom is 0.220 e. The van der Waals surface area contributed by atoms with Gasteiger partial charge in [-0.3, -0.25) is 4.79 Å². The summed E-state index contributed by atoms with van der Waals surface area (Å²) in [5.41, 5.74) is 0. The van der Waals surface area contributed by atoms with Crippen LogP contribution in [0.4, 0.5) is 0 Å². The van der Waals surface area contributed by atoms with Crippen molar-refractivity contribution in [1.82, 2.24) is 5.32 Å². The molecule has 0 aromatic carbocycles. The SMILES string of the molecule is CCCCCCC/C=C\C/C=C\C/C=C\CCCCCCCCCCCCCCCCCCCCCCCCCCCCC(=O)NC(COC1OC(CO)C(OC2OC(CO)C(O)C(O)C2O)C(O)C1O)C(O)/C=C/CCCCCCCCCCCCCCCCCCC. The molecule has 14 heteroatoms. The monoisotopic (exact) mass is 1330 g/mol. The van der Waals surface area contributed by atoms with Crippen molar-refractivity contribution in [3.05, 3.63) is 48.6 Å². The van der Waals surface area contributed by atoms with E-state index < -0.39 is 86.8 Å². The van der Waals surface area contributed by atoms with E-state index >= 15 is 0 Å². The number of rotatable bonds is 67. The average Bonchev–Trinajstić information content (AvgIpc) is 0.794. The number of aliphatic hydroxyl groups is 8. The Labute approximate surface area is 575 Å². The Kier molecular flexibility index (Phi) is 60.3. The summed E-state index contributed by atoms with van der Waals surface area (Å²) in [4.78, 5) is 13.4. The summed E-state index contributed by atoms with van der Waals surface area (Å²) in [5, 5.41) is 87.6. The largest absolute Gasteiger partial charge is 0.394 e. The molecule has 2 heterocycles. The second-order valence-corrected chi connectivity index (χ2v) is 28.2. The highest BCUT2D eigenvalue weighted by atomic mass is 16.7. The first-order valence-corrected chi connectivity index (χ1v) is 39.9. The third kappa shape index (κ3) is 47.1. The van der Waals surface area contributed by atoms with Gasteiger partial charge in [0.05, 0.1) is 32.0 Å². The van der Waals surface area contributed by atoms with Gasteiger partial charge >= 0.3 is 0 Å². The molecule has 9 N–H and O–H groups in total. The van der Waals surface area contributed by atoms with Gasteiger partial charge in [-0.1, -0.05) is 345 Å². The smallest absolute Gasteiger partial charge is 0.220 e. The number of allylic oxidation sites excluding steroid dienone is 7. The number of ether oxygens (including phenoxy) is 4. The minimum atomic E-state index is -1.79. The Balaban J connectivity index is 1.55. The molecule has 0 spiro atoms. The van der Waals surface area contributed by atoms with Gasteiger partial charge in [0.25, 0.3) is 0 Å². The number of carbonyl (C=O) groups is 1. The lowest BCUT2D eigenvalue weighted by Crippen LogP contribution is -2.65. The van der Waals surface area contributed by atoms with Crippen LogP contribution >= 0.6 is 0 Å². The van der Waals surface area contributed by atoms with Crippen LogP contribution < -0.4 is 5.32 Å². The zero-order valence-electron chi connectivity index (χ0n) is 60.5. The van der Waals surface area contributed by atoms with Crippen molar-refractivity contribution in [2.45, 2.75) is 434 Å². The van der Waals surface area contributed by atoms with Crippen molar-refractivity contribution in [3.63, 3.8) is 0 Å². The van der Waals surface area contributed by atoms with E-state index in [9.17, 15) is 45.6 Å². The lowest BCUT2D eigenvalue weighted by molar-refractivity contribution is -0.359. The predicted octanol–water partition coefficient (Wildman–Crippen LogP) is 17.8. The van der Waals surface area contributed by atoms with Gasteiger partial charge in [0, 0.05) is 6.42 Å². The van der Waals surface area contributed by atoms with E-state index in [1.165, 1.54) is 283 Å². The first kappa shape index (κ1) is 88.0. The van der Waals surface area contributed by atoms with Crippen LogP contribution in [-0.2, 0) is 23.7 Å². The van der Waals surface area contributed by atoms with Crippen molar-refractivity contribution in [2.75, 3.05) is 19.8 Å². The Morgan fingerprint density at radius 1 is 0.383 bits per heavy atom. The van der Waals surface area contributed by atoms with E-state index in [1.807, 2.05) is 6.08 Å². The molecule has 2 aliphatic heterocycles. The summed E-state index contributed by atoms with van der Waals surface area (Å²) in [6, 6.07) is -0.914. The zero-order valence-corrected chi connectivity index (χ0v) is 60.5. The maximum atomic E-state index is 13.4. The third-order valence-corrected chi connectivity index (χ3v) is 19.5. The molecule has 2 saturated heterocycles. The highest BCUT2D eigenvalue weighted by molar-refractivity contribution is 5.76. The molecule has 2 aliphatic rings. The Hall–Kier alpha value is -2.05. The first-order chi connectivity index (χ1) is 46.1. The van der Waals surface area contributed by atoms with Crippen LogP contribution in [-0.4, -0.2) is 140 Å². The topological polar surface area (TPSA) is 228 Å². The Morgan fingerprint density at radius 2 is 0.702 bits per heavy atom. The van der Waals surface area contributed by atoms with Gasteiger partial charge in [-0.15, -0.1) is 0 Å². The van der Waals surface area contributed by atoms with Gasteiger partial charge in [-0.2, -0.15) is 0 Å². The lowest BCUT2D eigenvalue weighted by atomic mass is 9.97. The molecule has 94 heavy (non-hydrogen) atoms. The summed E-state index contributed by atoms with van der Waals surface area (Å²) in [6.07, 6.45) is 69.2. The minimum Gasteiger partial charge on any atom is -0.394 e. The molecule has 2 rings (SSSR count). The fourth-order valence-electron chi connectivity index (χ4n) is 13.2. The van der Waals surface area contributed by atoms with Crippen molar-refractivity contribution in [1.29, 1.82) is 0 Å².